The molecule has 2 atom stereocenters. The van der Waals surface area contributed by atoms with Crippen molar-refractivity contribution in [1.82, 2.24) is 15.0 Å². The summed E-state index contributed by atoms with van der Waals surface area (Å²) < 4.78 is 0. The standard InChI is InChI=1S/C41H39N3/c1-40(34-17-5-3-6-18-34,29-36-21-9-11-25-42-36)28-32-15-13-16-33(27-32)39-24-14-23-38(44-39)31-41(2,35-19-7-4-8-20-35)30-37-22-10-12-26-43-37/h3-27H,28-31H2,1-2H3. The van der Waals surface area contributed by atoms with Gasteiger partial charge in [0.25, 0.3) is 0 Å². The van der Waals surface area contributed by atoms with Crippen molar-refractivity contribution in [3.05, 3.63) is 186 Å². The molecule has 0 aliphatic heterocycles. The number of nitrogens with zero attached hydrogens (tertiary/aromatic N) is 3. The van der Waals surface area contributed by atoms with Gasteiger partial charge in [0.2, 0.25) is 0 Å². The van der Waals surface area contributed by atoms with Crippen LogP contribution in [-0.4, -0.2) is 15.0 Å². The molecule has 0 saturated heterocycles. The predicted octanol–water partition coefficient (Wildman–Crippen LogP) is 9.02. The Bertz CT molecular complexity index is 1640. The lowest BCUT2D eigenvalue weighted by molar-refractivity contribution is 0.455. The topological polar surface area (TPSA) is 38.7 Å². The van der Waals surface area contributed by atoms with Crippen molar-refractivity contribution >= 4 is 0 Å². The molecule has 0 aliphatic rings. The number of benzene rings is 3. The van der Waals surface area contributed by atoms with Gasteiger partial charge < -0.3 is 0 Å². The molecule has 2 unspecified atom stereocenters. The minimum Gasteiger partial charge on any atom is -0.261 e. The second-order valence-electron chi connectivity index (χ2n) is 12.4. The predicted molar refractivity (Wildman–Crippen MR) is 181 cm³/mol. The fraction of sp³-hybridized carbons (Fsp3) is 0.195. The highest BCUT2D eigenvalue weighted by Crippen LogP contribution is 2.34. The highest BCUT2D eigenvalue weighted by molar-refractivity contribution is 5.60. The van der Waals surface area contributed by atoms with Crippen LogP contribution in [0.3, 0.4) is 0 Å². The number of aromatic nitrogens is 3. The first-order chi connectivity index (χ1) is 21.5. The average molecular weight is 574 g/mol. The molecular formula is C41H39N3. The summed E-state index contributed by atoms with van der Waals surface area (Å²) >= 11 is 0. The van der Waals surface area contributed by atoms with Crippen molar-refractivity contribution < 1.29 is 0 Å². The summed E-state index contributed by atoms with van der Waals surface area (Å²) in [5.41, 5.74) is 9.09. The van der Waals surface area contributed by atoms with E-state index >= 15 is 0 Å². The molecular weight excluding hydrogens is 534 g/mol. The Morgan fingerprint density at radius 2 is 0.955 bits per heavy atom. The van der Waals surface area contributed by atoms with Gasteiger partial charge in [-0.05, 0) is 84.8 Å². The van der Waals surface area contributed by atoms with Crippen molar-refractivity contribution in [2.24, 2.45) is 0 Å². The number of hydrogen-bond donors (Lipinski definition) is 0. The molecule has 44 heavy (non-hydrogen) atoms. The van der Waals surface area contributed by atoms with E-state index < -0.39 is 0 Å². The lowest BCUT2D eigenvalue weighted by atomic mass is 9.73. The summed E-state index contributed by atoms with van der Waals surface area (Å²) in [4.78, 5) is 14.6. The second kappa shape index (κ2) is 13.2. The third-order valence-corrected chi connectivity index (χ3v) is 8.73. The van der Waals surface area contributed by atoms with Gasteiger partial charge in [0.15, 0.2) is 0 Å². The maximum atomic E-state index is 5.23. The first-order valence-electron chi connectivity index (χ1n) is 15.5. The molecule has 3 aromatic carbocycles. The first-order valence-corrected chi connectivity index (χ1v) is 15.5. The van der Waals surface area contributed by atoms with E-state index in [-0.39, 0.29) is 10.8 Å². The van der Waals surface area contributed by atoms with Gasteiger partial charge in [-0.25, -0.2) is 0 Å². The van der Waals surface area contributed by atoms with E-state index in [1.54, 1.807) is 0 Å². The molecule has 6 rings (SSSR count). The minimum atomic E-state index is -0.147. The van der Waals surface area contributed by atoms with Crippen LogP contribution in [0.25, 0.3) is 11.3 Å². The van der Waals surface area contributed by atoms with Crippen LogP contribution >= 0.6 is 0 Å². The van der Waals surface area contributed by atoms with E-state index in [0.717, 1.165) is 54.0 Å². The molecule has 0 N–H and O–H groups in total. The third-order valence-electron chi connectivity index (χ3n) is 8.73. The van der Waals surface area contributed by atoms with Crippen LogP contribution in [0.15, 0.2) is 152 Å². The van der Waals surface area contributed by atoms with E-state index in [0.29, 0.717) is 0 Å². The Morgan fingerprint density at radius 3 is 1.52 bits per heavy atom. The molecule has 0 radical (unpaired) electrons. The molecule has 0 bridgehead atoms. The summed E-state index contributed by atoms with van der Waals surface area (Å²) in [7, 11) is 0. The average Bonchev–Trinajstić information content (AvgIpc) is 3.07. The highest BCUT2D eigenvalue weighted by Gasteiger charge is 2.30. The van der Waals surface area contributed by atoms with E-state index in [9.17, 15) is 0 Å². The van der Waals surface area contributed by atoms with Crippen molar-refractivity contribution in [2.45, 2.75) is 50.4 Å². The molecule has 0 amide bonds. The van der Waals surface area contributed by atoms with E-state index in [4.69, 9.17) is 4.98 Å². The maximum absolute atomic E-state index is 5.23. The van der Waals surface area contributed by atoms with Crippen LogP contribution in [0, 0.1) is 0 Å². The Kier molecular flexibility index (Phi) is 8.74. The molecule has 3 heteroatoms. The molecule has 0 saturated carbocycles. The summed E-state index contributed by atoms with van der Waals surface area (Å²) in [6.07, 6.45) is 7.19. The Balaban J connectivity index is 1.29. The van der Waals surface area contributed by atoms with E-state index in [1.165, 1.54) is 16.7 Å². The van der Waals surface area contributed by atoms with Gasteiger partial charge in [0, 0.05) is 45.9 Å². The fourth-order valence-corrected chi connectivity index (χ4v) is 6.45. The normalized spacial score (nSPS) is 14.0. The molecule has 0 spiro atoms. The Hall–Kier alpha value is -4.89. The molecule has 3 nitrogen and oxygen atoms in total. The summed E-state index contributed by atoms with van der Waals surface area (Å²) in [6.45, 7) is 4.69. The number of hydrogen-bond acceptors (Lipinski definition) is 3. The largest absolute Gasteiger partial charge is 0.261 e. The van der Waals surface area contributed by atoms with Crippen molar-refractivity contribution in [1.29, 1.82) is 0 Å². The number of pyridine rings is 3. The maximum Gasteiger partial charge on any atom is 0.0705 e. The van der Waals surface area contributed by atoms with Gasteiger partial charge >= 0.3 is 0 Å². The zero-order valence-corrected chi connectivity index (χ0v) is 25.6. The lowest BCUT2D eigenvalue weighted by Gasteiger charge is -2.31. The molecule has 3 heterocycles. The van der Waals surface area contributed by atoms with Crippen molar-refractivity contribution in [3.8, 4) is 11.3 Å². The van der Waals surface area contributed by atoms with E-state index in [2.05, 4.69) is 151 Å². The summed E-state index contributed by atoms with van der Waals surface area (Å²) in [5.74, 6) is 0. The van der Waals surface area contributed by atoms with Crippen LogP contribution in [0.4, 0.5) is 0 Å². The summed E-state index contributed by atoms with van der Waals surface area (Å²) in [6, 6.07) is 49.3. The summed E-state index contributed by atoms with van der Waals surface area (Å²) in [5, 5.41) is 0. The Labute approximate surface area is 261 Å². The van der Waals surface area contributed by atoms with Crippen LogP contribution in [0.1, 0.15) is 47.6 Å². The van der Waals surface area contributed by atoms with Crippen molar-refractivity contribution in [3.63, 3.8) is 0 Å². The molecule has 6 aromatic rings. The molecule has 3 aromatic heterocycles. The van der Waals surface area contributed by atoms with Gasteiger partial charge in [0.05, 0.1) is 5.69 Å². The molecule has 0 aliphatic carbocycles. The fourth-order valence-electron chi connectivity index (χ4n) is 6.45. The van der Waals surface area contributed by atoms with Gasteiger partial charge in [-0.1, -0.05) is 111 Å². The van der Waals surface area contributed by atoms with Crippen LogP contribution in [0.2, 0.25) is 0 Å². The Morgan fingerprint density at radius 1 is 0.455 bits per heavy atom. The zero-order chi connectivity index (χ0) is 30.2. The third kappa shape index (κ3) is 7.01. The molecule has 218 valence electrons. The van der Waals surface area contributed by atoms with Crippen LogP contribution < -0.4 is 0 Å². The monoisotopic (exact) mass is 573 g/mol. The zero-order valence-electron chi connectivity index (χ0n) is 25.6. The minimum absolute atomic E-state index is 0.105. The van der Waals surface area contributed by atoms with Gasteiger partial charge in [0.1, 0.15) is 0 Å². The number of rotatable bonds is 11. The lowest BCUT2D eigenvalue weighted by Crippen LogP contribution is -2.29. The van der Waals surface area contributed by atoms with Gasteiger partial charge in [-0.15, -0.1) is 0 Å². The van der Waals surface area contributed by atoms with Gasteiger partial charge in [-0.3, -0.25) is 15.0 Å². The first kappa shape index (κ1) is 29.2. The van der Waals surface area contributed by atoms with Crippen LogP contribution in [-0.2, 0) is 36.5 Å². The SMILES string of the molecule is CC(Cc1cccc(-c2cccc(CC(C)(Cc3ccccn3)c3ccccc3)n2)c1)(Cc1ccccn1)c1ccccc1. The smallest absolute Gasteiger partial charge is 0.0705 e. The van der Waals surface area contributed by atoms with Crippen LogP contribution in [0.5, 0.6) is 0 Å². The van der Waals surface area contributed by atoms with Crippen molar-refractivity contribution in [2.75, 3.05) is 0 Å². The van der Waals surface area contributed by atoms with Gasteiger partial charge in [-0.2, -0.15) is 0 Å². The second-order valence-corrected chi connectivity index (χ2v) is 12.4. The highest BCUT2D eigenvalue weighted by atomic mass is 14.7. The van der Waals surface area contributed by atoms with E-state index in [1.807, 2.05) is 24.5 Å². The quantitative estimate of drug-likeness (QED) is 0.155. The molecule has 0 fully saturated rings.